The molecule has 3 rings (SSSR count). The number of phenolic OH excluding ortho intramolecular Hbond substituents is 1. The van der Waals surface area contributed by atoms with E-state index in [0.29, 0.717) is 30.1 Å². The van der Waals surface area contributed by atoms with Crippen LogP contribution >= 0.6 is 0 Å². The van der Waals surface area contributed by atoms with Crippen molar-refractivity contribution in [3.05, 3.63) is 47.5 Å². The number of ether oxygens (including phenoxy) is 1. The van der Waals surface area contributed by atoms with Gasteiger partial charge in [0.15, 0.2) is 0 Å². The molecule has 6 nitrogen and oxygen atoms in total. The SMILES string of the molecule is COc1ccc(O)c(C=Nc2cc(S(=O)(=O)N3CCCCC3)ccc2C)c1. The van der Waals surface area contributed by atoms with Crippen LogP contribution in [0.4, 0.5) is 5.69 Å². The van der Waals surface area contributed by atoms with Crippen molar-refractivity contribution in [1.29, 1.82) is 0 Å². The van der Waals surface area contributed by atoms with E-state index in [0.717, 1.165) is 24.8 Å². The maximum atomic E-state index is 12.9. The first kappa shape index (κ1) is 19.4. The number of aromatic hydroxyl groups is 1. The lowest BCUT2D eigenvalue weighted by molar-refractivity contribution is 0.346. The maximum Gasteiger partial charge on any atom is 0.243 e. The zero-order valence-electron chi connectivity index (χ0n) is 15.6. The molecule has 2 aromatic rings. The molecule has 0 unspecified atom stereocenters. The summed E-state index contributed by atoms with van der Waals surface area (Å²) in [5.41, 5.74) is 1.90. The number of nitrogens with zero attached hydrogens (tertiary/aromatic N) is 2. The second kappa shape index (κ2) is 8.10. The summed E-state index contributed by atoms with van der Waals surface area (Å²) in [7, 11) is -1.97. The Hall–Kier alpha value is -2.38. The first-order valence-electron chi connectivity index (χ1n) is 8.94. The third kappa shape index (κ3) is 4.31. The Morgan fingerprint density at radius 2 is 1.85 bits per heavy atom. The molecule has 0 aromatic heterocycles. The zero-order chi connectivity index (χ0) is 19.4. The Morgan fingerprint density at radius 1 is 1.11 bits per heavy atom. The predicted molar refractivity (Wildman–Crippen MR) is 106 cm³/mol. The topological polar surface area (TPSA) is 79.2 Å². The van der Waals surface area contributed by atoms with E-state index in [1.807, 2.05) is 6.92 Å². The second-order valence-corrected chi connectivity index (χ2v) is 8.53. The molecule has 0 atom stereocenters. The average molecular weight is 388 g/mol. The number of benzene rings is 2. The Balaban J connectivity index is 1.92. The number of hydrogen-bond acceptors (Lipinski definition) is 5. The molecular formula is C20H24N2O4S. The summed E-state index contributed by atoms with van der Waals surface area (Å²) in [5.74, 6) is 0.682. The minimum absolute atomic E-state index is 0.0781. The molecule has 1 heterocycles. The lowest BCUT2D eigenvalue weighted by atomic mass is 10.2. The van der Waals surface area contributed by atoms with Crippen LogP contribution in [0.15, 0.2) is 46.3 Å². The van der Waals surface area contributed by atoms with Crippen LogP contribution < -0.4 is 4.74 Å². The number of aryl methyl sites for hydroxylation is 1. The summed E-state index contributed by atoms with van der Waals surface area (Å²) in [6.07, 6.45) is 4.37. The Labute approximate surface area is 160 Å². The molecule has 0 amide bonds. The van der Waals surface area contributed by atoms with E-state index in [9.17, 15) is 13.5 Å². The van der Waals surface area contributed by atoms with Gasteiger partial charge < -0.3 is 9.84 Å². The standard InChI is InChI=1S/C20H24N2O4S/c1-15-6-8-18(27(24,25)22-10-4-3-5-11-22)13-19(15)21-14-16-12-17(26-2)7-9-20(16)23/h6-9,12-14,23H,3-5,10-11H2,1-2H3. The molecule has 0 saturated carbocycles. The van der Waals surface area contributed by atoms with E-state index in [1.54, 1.807) is 41.7 Å². The summed E-state index contributed by atoms with van der Waals surface area (Å²) in [6.45, 7) is 2.99. The van der Waals surface area contributed by atoms with E-state index >= 15 is 0 Å². The van der Waals surface area contributed by atoms with Crippen molar-refractivity contribution < 1.29 is 18.3 Å². The normalized spacial score (nSPS) is 15.9. The van der Waals surface area contributed by atoms with Crippen LogP contribution in [0.2, 0.25) is 0 Å². The fraction of sp³-hybridized carbons (Fsp3) is 0.350. The predicted octanol–water partition coefficient (Wildman–Crippen LogP) is 3.63. The molecule has 0 aliphatic carbocycles. The number of rotatable bonds is 5. The minimum Gasteiger partial charge on any atom is -0.507 e. The third-order valence-corrected chi connectivity index (χ3v) is 6.61. The summed E-state index contributed by atoms with van der Waals surface area (Å²) < 4.78 is 32.5. The van der Waals surface area contributed by atoms with Gasteiger partial charge in [-0.3, -0.25) is 4.99 Å². The molecule has 1 fully saturated rings. The van der Waals surface area contributed by atoms with Crippen molar-refractivity contribution >= 4 is 21.9 Å². The summed E-state index contributed by atoms with van der Waals surface area (Å²) in [5, 5.41) is 9.98. The van der Waals surface area contributed by atoms with Crippen LogP contribution in [0.3, 0.4) is 0 Å². The van der Waals surface area contributed by atoms with Crippen molar-refractivity contribution in [3.8, 4) is 11.5 Å². The molecule has 27 heavy (non-hydrogen) atoms. The van der Waals surface area contributed by atoms with Gasteiger partial charge in [0.25, 0.3) is 0 Å². The number of sulfonamides is 1. The Bertz CT molecular complexity index is 948. The molecule has 2 aromatic carbocycles. The van der Waals surface area contributed by atoms with Gasteiger partial charge in [-0.1, -0.05) is 12.5 Å². The molecule has 1 N–H and O–H groups in total. The number of aliphatic imine (C=N–C) groups is 1. The smallest absolute Gasteiger partial charge is 0.243 e. The quantitative estimate of drug-likeness (QED) is 0.793. The molecular weight excluding hydrogens is 364 g/mol. The highest BCUT2D eigenvalue weighted by Gasteiger charge is 2.26. The van der Waals surface area contributed by atoms with Crippen LogP contribution in [-0.2, 0) is 10.0 Å². The zero-order valence-corrected chi connectivity index (χ0v) is 16.4. The van der Waals surface area contributed by atoms with E-state index < -0.39 is 10.0 Å². The molecule has 1 saturated heterocycles. The molecule has 7 heteroatoms. The van der Waals surface area contributed by atoms with Gasteiger partial charge in [-0.05, 0) is 55.7 Å². The van der Waals surface area contributed by atoms with Crippen LogP contribution in [0.1, 0.15) is 30.4 Å². The van der Waals surface area contributed by atoms with Crippen molar-refractivity contribution in [2.24, 2.45) is 4.99 Å². The van der Waals surface area contributed by atoms with Crippen LogP contribution in [0.25, 0.3) is 0 Å². The van der Waals surface area contributed by atoms with E-state index in [2.05, 4.69) is 4.99 Å². The summed E-state index contributed by atoms with van der Waals surface area (Å²) in [6, 6.07) is 9.83. The van der Waals surface area contributed by atoms with Crippen molar-refractivity contribution in [2.45, 2.75) is 31.1 Å². The fourth-order valence-corrected chi connectivity index (χ4v) is 4.58. The molecule has 1 aliphatic rings. The van der Waals surface area contributed by atoms with Crippen LogP contribution in [0.5, 0.6) is 11.5 Å². The van der Waals surface area contributed by atoms with Gasteiger partial charge in [0.05, 0.1) is 17.7 Å². The second-order valence-electron chi connectivity index (χ2n) is 6.60. The van der Waals surface area contributed by atoms with Crippen molar-refractivity contribution in [3.63, 3.8) is 0 Å². The number of methoxy groups -OCH3 is 1. The Kier molecular flexibility index (Phi) is 5.82. The number of hydrogen-bond donors (Lipinski definition) is 1. The van der Waals surface area contributed by atoms with E-state index in [1.165, 1.54) is 12.3 Å². The van der Waals surface area contributed by atoms with Gasteiger partial charge in [0.1, 0.15) is 11.5 Å². The summed E-state index contributed by atoms with van der Waals surface area (Å²) in [4.78, 5) is 4.66. The minimum atomic E-state index is -3.51. The monoisotopic (exact) mass is 388 g/mol. The lowest BCUT2D eigenvalue weighted by Crippen LogP contribution is -2.35. The van der Waals surface area contributed by atoms with Gasteiger partial charge in [-0.15, -0.1) is 0 Å². The van der Waals surface area contributed by atoms with Crippen LogP contribution in [-0.4, -0.2) is 44.2 Å². The maximum absolute atomic E-state index is 12.9. The van der Waals surface area contributed by atoms with Gasteiger partial charge in [-0.2, -0.15) is 4.31 Å². The van der Waals surface area contributed by atoms with Gasteiger partial charge >= 0.3 is 0 Å². The van der Waals surface area contributed by atoms with E-state index in [-0.39, 0.29) is 10.6 Å². The van der Waals surface area contributed by atoms with Crippen molar-refractivity contribution in [1.82, 2.24) is 4.31 Å². The highest BCUT2D eigenvalue weighted by atomic mass is 32.2. The molecule has 0 bridgehead atoms. The fourth-order valence-electron chi connectivity index (χ4n) is 3.05. The third-order valence-electron chi connectivity index (χ3n) is 4.71. The molecule has 144 valence electrons. The number of piperidine rings is 1. The largest absolute Gasteiger partial charge is 0.507 e. The highest BCUT2D eigenvalue weighted by Crippen LogP contribution is 2.28. The first-order chi connectivity index (χ1) is 12.9. The molecule has 1 aliphatic heterocycles. The molecule has 0 spiro atoms. The first-order valence-corrected chi connectivity index (χ1v) is 10.4. The van der Waals surface area contributed by atoms with E-state index in [4.69, 9.17) is 4.74 Å². The Morgan fingerprint density at radius 3 is 2.56 bits per heavy atom. The van der Waals surface area contributed by atoms with Crippen LogP contribution in [0, 0.1) is 6.92 Å². The van der Waals surface area contributed by atoms with Gasteiger partial charge in [0.2, 0.25) is 10.0 Å². The van der Waals surface area contributed by atoms with Gasteiger partial charge in [0, 0.05) is 24.9 Å². The summed E-state index contributed by atoms with van der Waals surface area (Å²) >= 11 is 0. The highest BCUT2D eigenvalue weighted by molar-refractivity contribution is 7.89. The van der Waals surface area contributed by atoms with Crippen molar-refractivity contribution in [2.75, 3.05) is 20.2 Å². The van der Waals surface area contributed by atoms with Gasteiger partial charge in [-0.25, -0.2) is 8.42 Å². The molecule has 0 radical (unpaired) electrons. The number of phenols is 1. The lowest BCUT2D eigenvalue weighted by Gasteiger charge is -2.26. The average Bonchev–Trinajstić information content (AvgIpc) is 2.69.